The molecule has 32 heavy (non-hydrogen) atoms. The number of primary amides is 1. The lowest BCUT2D eigenvalue weighted by Gasteiger charge is -2.31. The van der Waals surface area contributed by atoms with Crippen LogP contribution in [0.1, 0.15) is 47.7 Å². The highest BCUT2D eigenvalue weighted by atomic mass is 19.4. The summed E-state index contributed by atoms with van der Waals surface area (Å²) in [6, 6.07) is 12.9. The summed E-state index contributed by atoms with van der Waals surface area (Å²) in [6.07, 6.45) is -1.43. The number of alkyl halides is 3. The van der Waals surface area contributed by atoms with Crippen molar-refractivity contribution >= 4 is 22.5 Å². The Kier molecular flexibility index (Phi) is 5.71. The van der Waals surface area contributed by atoms with E-state index in [0.717, 1.165) is 24.8 Å². The molecule has 1 aliphatic heterocycles. The monoisotopic (exact) mass is 443 g/mol. The number of aromatic amines is 1. The predicted molar refractivity (Wildman–Crippen MR) is 118 cm³/mol. The molecule has 0 aliphatic carbocycles. The van der Waals surface area contributed by atoms with Gasteiger partial charge in [0.1, 0.15) is 0 Å². The molecule has 1 fully saturated rings. The molecular formula is C24H24F3N3O2. The summed E-state index contributed by atoms with van der Waals surface area (Å²) in [5, 5.41) is -0.0217. The fourth-order valence-electron chi connectivity index (χ4n) is 4.76. The first-order chi connectivity index (χ1) is 15.1. The lowest BCUT2D eigenvalue weighted by molar-refractivity contribution is -0.136. The van der Waals surface area contributed by atoms with Crippen LogP contribution in [-0.4, -0.2) is 23.0 Å². The number of anilines is 1. The minimum Gasteiger partial charge on any atom is -0.366 e. The number of nitrogens with zero attached hydrogens (tertiary/aromatic N) is 1. The molecule has 1 aromatic heterocycles. The zero-order valence-corrected chi connectivity index (χ0v) is 17.6. The Bertz CT molecular complexity index is 1220. The van der Waals surface area contributed by atoms with Gasteiger partial charge in [-0.2, -0.15) is 13.2 Å². The van der Waals surface area contributed by atoms with Gasteiger partial charge in [-0.15, -0.1) is 0 Å². The summed E-state index contributed by atoms with van der Waals surface area (Å²) < 4.78 is 40.7. The van der Waals surface area contributed by atoms with Crippen molar-refractivity contribution in [2.75, 3.05) is 4.90 Å². The lowest BCUT2D eigenvalue weighted by Crippen LogP contribution is -2.35. The number of H-pyrrole nitrogens is 1. The minimum atomic E-state index is -4.63. The maximum Gasteiger partial charge on any atom is 0.417 e. The van der Waals surface area contributed by atoms with Crippen LogP contribution < -0.4 is 16.2 Å². The molecule has 0 radical (unpaired) electrons. The van der Waals surface area contributed by atoms with E-state index in [0.29, 0.717) is 23.7 Å². The van der Waals surface area contributed by atoms with Crippen molar-refractivity contribution in [2.45, 2.75) is 50.9 Å². The van der Waals surface area contributed by atoms with E-state index in [2.05, 4.69) is 16.8 Å². The molecule has 2 aromatic carbocycles. The van der Waals surface area contributed by atoms with E-state index in [1.54, 1.807) is 18.2 Å². The second-order valence-electron chi connectivity index (χ2n) is 8.32. The number of carbonyl (C=O) groups is 1. The Morgan fingerprint density at radius 2 is 1.91 bits per heavy atom. The Balaban J connectivity index is 1.66. The van der Waals surface area contributed by atoms with E-state index >= 15 is 0 Å². The van der Waals surface area contributed by atoms with E-state index < -0.39 is 23.2 Å². The van der Waals surface area contributed by atoms with Crippen molar-refractivity contribution in [1.82, 2.24) is 4.98 Å². The number of aromatic nitrogens is 1. The maximum atomic E-state index is 13.6. The molecule has 2 atom stereocenters. The molecule has 8 heteroatoms. The quantitative estimate of drug-likeness (QED) is 0.603. The summed E-state index contributed by atoms with van der Waals surface area (Å²) in [5.74, 6) is -0.472. The molecule has 0 unspecified atom stereocenters. The number of pyridine rings is 1. The van der Waals surface area contributed by atoms with E-state index in [1.165, 1.54) is 12.1 Å². The molecule has 0 saturated carbocycles. The Morgan fingerprint density at radius 1 is 1.16 bits per heavy atom. The summed E-state index contributed by atoms with van der Waals surface area (Å²) in [4.78, 5) is 28.0. The zero-order chi connectivity index (χ0) is 23.0. The summed E-state index contributed by atoms with van der Waals surface area (Å²) in [5.41, 5.74) is 5.99. The van der Waals surface area contributed by atoms with Crippen LogP contribution >= 0.6 is 0 Å². The topological polar surface area (TPSA) is 79.2 Å². The molecule has 1 aliphatic rings. The van der Waals surface area contributed by atoms with E-state index in [1.807, 2.05) is 12.1 Å². The van der Waals surface area contributed by atoms with Gasteiger partial charge in [-0.1, -0.05) is 18.2 Å². The van der Waals surface area contributed by atoms with Crippen LogP contribution in [0.5, 0.6) is 0 Å². The number of benzene rings is 2. The number of amides is 1. The van der Waals surface area contributed by atoms with Crippen molar-refractivity contribution in [3.8, 4) is 0 Å². The van der Waals surface area contributed by atoms with Gasteiger partial charge in [0.25, 0.3) is 0 Å². The van der Waals surface area contributed by atoms with Crippen molar-refractivity contribution in [1.29, 1.82) is 0 Å². The Hall–Kier alpha value is -3.29. The SMILES string of the molecule is C[C@@H]1CC[C@@H](CCc2ccccc2C(N)=O)N1c1ccc2[nH]c(=O)cc(C(F)(F)F)c2c1. The molecule has 168 valence electrons. The first kappa shape index (κ1) is 21.9. The van der Waals surface area contributed by atoms with Crippen LogP contribution in [0.25, 0.3) is 10.9 Å². The molecule has 1 amide bonds. The highest BCUT2D eigenvalue weighted by Crippen LogP contribution is 2.38. The third-order valence-electron chi connectivity index (χ3n) is 6.25. The second-order valence-corrected chi connectivity index (χ2v) is 8.32. The molecule has 4 rings (SSSR count). The average molecular weight is 443 g/mol. The van der Waals surface area contributed by atoms with Crippen molar-refractivity contribution in [3.05, 3.63) is 75.6 Å². The summed E-state index contributed by atoms with van der Waals surface area (Å²) >= 11 is 0. The van der Waals surface area contributed by atoms with Crippen molar-refractivity contribution in [3.63, 3.8) is 0 Å². The molecule has 0 spiro atoms. The number of hydrogen-bond donors (Lipinski definition) is 2. The first-order valence-corrected chi connectivity index (χ1v) is 10.6. The number of nitrogens with one attached hydrogen (secondary N) is 1. The zero-order valence-electron chi connectivity index (χ0n) is 17.6. The van der Waals surface area contributed by atoms with Crippen molar-refractivity contribution in [2.24, 2.45) is 5.73 Å². The smallest absolute Gasteiger partial charge is 0.366 e. The van der Waals surface area contributed by atoms with Gasteiger partial charge in [0.15, 0.2) is 0 Å². The number of aryl methyl sites for hydroxylation is 1. The number of carbonyl (C=O) groups excluding carboxylic acids is 1. The van der Waals surface area contributed by atoms with Crippen LogP contribution in [0.3, 0.4) is 0 Å². The number of halogens is 3. The van der Waals surface area contributed by atoms with Gasteiger partial charge in [-0.25, -0.2) is 0 Å². The number of fused-ring (bicyclic) bond motifs is 1. The third kappa shape index (κ3) is 4.22. The van der Waals surface area contributed by atoms with Crippen molar-refractivity contribution < 1.29 is 18.0 Å². The van der Waals surface area contributed by atoms with Crippen LogP contribution in [0.2, 0.25) is 0 Å². The fourth-order valence-corrected chi connectivity index (χ4v) is 4.76. The highest BCUT2D eigenvalue weighted by molar-refractivity contribution is 5.94. The normalized spacial score (nSPS) is 18.9. The van der Waals surface area contributed by atoms with Gasteiger partial charge in [0.2, 0.25) is 11.5 Å². The third-order valence-corrected chi connectivity index (χ3v) is 6.25. The van der Waals surface area contributed by atoms with Gasteiger partial charge in [0, 0.05) is 40.3 Å². The van der Waals surface area contributed by atoms with Crippen LogP contribution in [0.15, 0.2) is 53.3 Å². The molecule has 0 bridgehead atoms. The molecule has 2 heterocycles. The maximum absolute atomic E-state index is 13.6. The number of rotatable bonds is 5. The summed E-state index contributed by atoms with van der Waals surface area (Å²) in [7, 11) is 0. The first-order valence-electron chi connectivity index (χ1n) is 10.6. The van der Waals surface area contributed by atoms with E-state index in [4.69, 9.17) is 5.73 Å². The Morgan fingerprint density at radius 3 is 2.62 bits per heavy atom. The van der Waals surface area contributed by atoms with Gasteiger partial charge in [-0.3, -0.25) is 9.59 Å². The van der Waals surface area contributed by atoms with E-state index in [-0.39, 0.29) is 23.0 Å². The number of hydrogen-bond acceptors (Lipinski definition) is 3. The van der Waals surface area contributed by atoms with Crippen LogP contribution in [0, 0.1) is 0 Å². The summed E-state index contributed by atoms with van der Waals surface area (Å²) in [6.45, 7) is 2.05. The van der Waals surface area contributed by atoms with Crippen LogP contribution in [0.4, 0.5) is 18.9 Å². The lowest BCUT2D eigenvalue weighted by atomic mass is 9.98. The predicted octanol–water partition coefficient (Wildman–Crippen LogP) is 4.64. The average Bonchev–Trinajstić information content (AvgIpc) is 3.11. The Labute approximate surface area is 183 Å². The fraction of sp³-hybridized carbons (Fsp3) is 0.333. The molecular weight excluding hydrogens is 419 g/mol. The highest BCUT2D eigenvalue weighted by Gasteiger charge is 2.35. The molecule has 3 aromatic rings. The van der Waals surface area contributed by atoms with Crippen LogP contribution in [-0.2, 0) is 12.6 Å². The molecule has 3 N–H and O–H groups in total. The largest absolute Gasteiger partial charge is 0.417 e. The van der Waals surface area contributed by atoms with Gasteiger partial charge in [-0.05, 0) is 62.4 Å². The molecule has 1 saturated heterocycles. The van der Waals surface area contributed by atoms with Gasteiger partial charge >= 0.3 is 6.18 Å². The number of nitrogens with two attached hydrogens (primary N) is 1. The minimum absolute atomic E-state index is 0.0217. The molecule has 5 nitrogen and oxygen atoms in total. The van der Waals surface area contributed by atoms with Gasteiger partial charge < -0.3 is 15.6 Å². The standard InChI is InChI=1S/C24H24F3N3O2/c1-14-6-8-16(9-7-15-4-2-3-5-18(15)23(28)32)30(14)17-10-11-21-19(12-17)20(24(25,26)27)13-22(31)29-21/h2-5,10-14,16H,6-9H2,1H3,(H2,28,32)(H,29,31)/t14-,16+/m1/s1. The van der Waals surface area contributed by atoms with Gasteiger partial charge in [0.05, 0.1) is 5.56 Å². The van der Waals surface area contributed by atoms with E-state index in [9.17, 15) is 22.8 Å². The second kappa shape index (κ2) is 8.33.